The number of ketones is 1. The minimum absolute atomic E-state index is 0.131. The van der Waals surface area contributed by atoms with Crippen LogP contribution in [0.25, 0.3) is 0 Å². The van der Waals surface area contributed by atoms with Crippen LogP contribution in [-0.2, 0) is 0 Å². The van der Waals surface area contributed by atoms with Crippen LogP contribution in [0.4, 0.5) is 0 Å². The molecular formula is C14H15NO. The van der Waals surface area contributed by atoms with Crippen LogP contribution in [-0.4, -0.2) is 5.78 Å². The lowest BCUT2D eigenvalue weighted by Crippen LogP contribution is -1.99. The zero-order chi connectivity index (χ0) is 11.8. The van der Waals surface area contributed by atoms with Gasteiger partial charge in [-0.15, -0.1) is 0 Å². The number of carbonyl (C=O) groups is 1. The average molecular weight is 213 g/mol. The normalized spacial score (nSPS) is 10.9. The van der Waals surface area contributed by atoms with Crippen LogP contribution in [0.1, 0.15) is 36.5 Å². The molecular weight excluding hydrogens is 198 g/mol. The molecule has 0 aliphatic heterocycles. The Hall–Kier alpha value is -1.88. The van der Waals surface area contributed by atoms with Gasteiger partial charge in [0.05, 0.1) is 6.07 Å². The molecule has 0 saturated carbocycles. The van der Waals surface area contributed by atoms with Gasteiger partial charge in [-0.3, -0.25) is 4.79 Å². The van der Waals surface area contributed by atoms with Crippen molar-refractivity contribution in [3.8, 4) is 6.07 Å². The van der Waals surface area contributed by atoms with Gasteiger partial charge in [-0.1, -0.05) is 42.0 Å². The van der Waals surface area contributed by atoms with Crippen LogP contribution in [0.2, 0.25) is 0 Å². The van der Waals surface area contributed by atoms with Crippen molar-refractivity contribution >= 4 is 5.78 Å². The first-order valence-corrected chi connectivity index (χ1v) is 5.35. The Kier molecular flexibility index (Phi) is 5.01. The van der Waals surface area contributed by atoms with Gasteiger partial charge >= 0.3 is 0 Å². The van der Waals surface area contributed by atoms with Crippen LogP contribution < -0.4 is 0 Å². The average Bonchev–Trinajstić information content (AvgIpc) is 2.30. The van der Waals surface area contributed by atoms with E-state index in [9.17, 15) is 4.79 Å². The maximum Gasteiger partial charge on any atom is 0.166 e. The van der Waals surface area contributed by atoms with E-state index in [-0.39, 0.29) is 5.78 Å². The second kappa shape index (κ2) is 6.58. The summed E-state index contributed by atoms with van der Waals surface area (Å²) in [6.07, 6.45) is 3.64. The summed E-state index contributed by atoms with van der Waals surface area (Å²) in [5, 5.41) is 8.39. The zero-order valence-corrected chi connectivity index (χ0v) is 9.44. The highest BCUT2D eigenvalue weighted by Gasteiger charge is 2.04. The third-order valence-electron chi connectivity index (χ3n) is 2.28. The fraction of sp³-hybridized carbons (Fsp3) is 0.286. The first-order chi connectivity index (χ1) is 7.74. The Morgan fingerprint density at radius 1 is 1.38 bits per heavy atom. The predicted octanol–water partition coefficient (Wildman–Crippen LogP) is 3.51. The Labute approximate surface area is 96.2 Å². The Bertz CT molecular complexity index is 412. The summed E-state index contributed by atoms with van der Waals surface area (Å²) in [5.41, 5.74) is 1.78. The van der Waals surface area contributed by atoms with Crippen LogP contribution in [0.3, 0.4) is 0 Å². The van der Waals surface area contributed by atoms with Crippen molar-refractivity contribution in [1.82, 2.24) is 0 Å². The lowest BCUT2D eigenvalue weighted by molar-refractivity contribution is 0.0993. The van der Waals surface area contributed by atoms with Crippen LogP contribution >= 0.6 is 0 Å². The number of unbranched alkanes of at least 4 members (excludes halogenated alkanes) is 1. The van der Waals surface area contributed by atoms with Gasteiger partial charge in [0.25, 0.3) is 0 Å². The fourth-order valence-electron chi connectivity index (χ4n) is 1.43. The van der Waals surface area contributed by atoms with E-state index in [0.29, 0.717) is 12.8 Å². The molecule has 0 saturated heterocycles. The molecule has 1 aromatic rings. The van der Waals surface area contributed by atoms with E-state index in [1.54, 1.807) is 0 Å². The Morgan fingerprint density at radius 3 is 2.69 bits per heavy atom. The van der Waals surface area contributed by atoms with E-state index in [4.69, 9.17) is 5.26 Å². The SMILES string of the molecule is CC(=CCCC#N)CC(=O)c1ccccc1. The number of nitriles is 1. The highest BCUT2D eigenvalue weighted by molar-refractivity contribution is 5.97. The molecule has 1 aromatic carbocycles. The minimum atomic E-state index is 0.131. The summed E-state index contributed by atoms with van der Waals surface area (Å²) in [7, 11) is 0. The Balaban J connectivity index is 2.52. The zero-order valence-electron chi connectivity index (χ0n) is 9.44. The third-order valence-corrected chi connectivity index (χ3v) is 2.28. The minimum Gasteiger partial charge on any atom is -0.294 e. The monoisotopic (exact) mass is 213 g/mol. The van der Waals surface area contributed by atoms with Gasteiger partial charge in [0.1, 0.15) is 0 Å². The molecule has 0 unspecified atom stereocenters. The number of hydrogen-bond acceptors (Lipinski definition) is 2. The van der Waals surface area contributed by atoms with Crippen molar-refractivity contribution in [2.24, 2.45) is 0 Å². The molecule has 0 bridgehead atoms. The largest absolute Gasteiger partial charge is 0.294 e. The molecule has 0 radical (unpaired) electrons. The summed E-state index contributed by atoms with van der Waals surface area (Å²) in [6, 6.07) is 11.3. The quantitative estimate of drug-likeness (QED) is 0.426. The molecule has 0 atom stereocenters. The highest BCUT2D eigenvalue weighted by Crippen LogP contribution is 2.09. The van der Waals surface area contributed by atoms with Crippen molar-refractivity contribution in [2.45, 2.75) is 26.2 Å². The van der Waals surface area contributed by atoms with E-state index < -0.39 is 0 Å². The lowest BCUT2D eigenvalue weighted by atomic mass is 10.0. The van der Waals surface area contributed by atoms with Gasteiger partial charge in [-0.05, 0) is 13.3 Å². The molecule has 1 rings (SSSR count). The summed E-state index contributed by atoms with van der Waals surface area (Å²) >= 11 is 0. The molecule has 2 nitrogen and oxygen atoms in total. The molecule has 0 heterocycles. The van der Waals surface area contributed by atoms with Crippen molar-refractivity contribution in [3.05, 3.63) is 47.5 Å². The first kappa shape index (κ1) is 12.2. The predicted molar refractivity (Wildman–Crippen MR) is 64.0 cm³/mol. The van der Waals surface area contributed by atoms with Crippen molar-refractivity contribution in [1.29, 1.82) is 5.26 Å². The van der Waals surface area contributed by atoms with Gasteiger partial charge in [0.15, 0.2) is 5.78 Å². The maximum absolute atomic E-state index is 11.8. The molecule has 0 N–H and O–H groups in total. The van der Waals surface area contributed by atoms with Gasteiger partial charge in [-0.2, -0.15) is 5.26 Å². The molecule has 0 amide bonds. The first-order valence-electron chi connectivity index (χ1n) is 5.35. The second-order valence-electron chi connectivity index (χ2n) is 3.71. The van der Waals surface area contributed by atoms with E-state index in [2.05, 4.69) is 6.07 Å². The van der Waals surface area contributed by atoms with Crippen molar-refractivity contribution in [2.75, 3.05) is 0 Å². The Morgan fingerprint density at radius 2 is 2.06 bits per heavy atom. The molecule has 2 heteroatoms. The van der Waals surface area contributed by atoms with E-state index in [1.807, 2.05) is 43.3 Å². The molecule has 0 aliphatic carbocycles. The third kappa shape index (κ3) is 4.10. The number of rotatable bonds is 5. The number of Topliss-reactive ketones (excluding diaryl/α,β-unsaturated/α-hetero) is 1. The molecule has 82 valence electrons. The molecule has 0 spiro atoms. The summed E-state index contributed by atoms with van der Waals surface area (Å²) < 4.78 is 0. The number of hydrogen-bond donors (Lipinski definition) is 0. The number of allylic oxidation sites excluding steroid dienone is 2. The van der Waals surface area contributed by atoms with Gasteiger partial charge in [0, 0.05) is 18.4 Å². The standard InChI is InChI=1S/C14H15NO/c1-12(7-5-6-10-15)11-14(16)13-8-3-2-4-9-13/h2-4,7-9H,5-6,11H2,1H3. The van der Waals surface area contributed by atoms with Gasteiger partial charge in [0.2, 0.25) is 0 Å². The fourth-order valence-corrected chi connectivity index (χ4v) is 1.43. The summed E-state index contributed by atoms with van der Waals surface area (Å²) in [5.74, 6) is 0.131. The summed E-state index contributed by atoms with van der Waals surface area (Å²) in [4.78, 5) is 11.8. The lowest BCUT2D eigenvalue weighted by Gasteiger charge is -2.01. The molecule has 0 aliphatic rings. The molecule has 0 fully saturated rings. The van der Waals surface area contributed by atoms with Crippen LogP contribution in [0, 0.1) is 11.3 Å². The summed E-state index contributed by atoms with van der Waals surface area (Å²) in [6.45, 7) is 1.93. The number of nitrogens with zero attached hydrogens (tertiary/aromatic N) is 1. The van der Waals surface area contributed by atoms with E-state index in [1.165, 1.54) is 0 Å². The smallest absolute Gasteiger partial charge is 0.166 e. The van der Waals surface area contributed by atoms with Crippen molar-refractivity contribution < 1.29 is 4.79 Å². The highest BCUT2D eigenvalue weighted by atomic mass is 16.1. The number of benzene rings is 1. The van der Waals surface area contributed by atoms with Gasteiger partial charge < -0.3 is 0 Å². The molecule has 0 aromatic heterocycles. The number of carbonyl (C=O) groups excluding carboxylic acids is 1. The topological polar surface area (TPSA) is 40.9 Å². The second-order valence-corrected chi connectivity index (χ2v) is 3.71. The molecule has 16 heavy (non-hydrogen) atoms. The van der Waals surface area contributed by atoms with E-state index >= 15 is 0 Å². The van der Waals surface area contributed by atoms with E-state index in [0.717, 1.165) is 17.6 Å². The van der Waals surface area contributed by atoms with Gasteiger partial charge in [-0.25, -0.2) is 0 Å². The maximum atomic E-state index is 11.8. The van der Waals surface area contributed by atoms with Crippen molar-refractivity contribution in [3.63, 3.8) is 0 Å². The van der Waals surface area contributed by atoms with Crippen LogP contribution in [0.15, 0.2) is 42.0 Å². The van der Waals surface area contributed by atoms with Crippen LogP contribution in [0.5, 0.6) is 0 Å².